The summed E-state index contributed by atoms with van der Waals surface area (Å²) in [6.45, 7) is 3.19. The van der Waals surface area contributed by atoms with E-state index in [0.717, 1.165) is 12.4 Å². The monoisotopic (exact) mass is 124 g/mol. The van der Waals surface area contributed by atoms with Crippen molar-refractivity contribution in [3.8, 4) is 0 Å². The fourth-order valence-electron chi connectivity index (χ4n) is 0.700. The van der Waals surface area contributed by atoms with E-state index in [4.69, 9.17) is 0 Å². The highest BCUT2D eigenvalue weighted by atomic mass is 15.0. The summed E-state index contributed by atoms with van der Waals surface area (Å²) in [6.07, 6.45) is 3.08. The molecule has 0 bridgehead atoms. The van der Waals surface area contributed by atoms with Crippen molar-refractivity contribution in [1.82, 2.24) is 4.98 Å². The van der Waals surface area contributed by atoms with Crippen LogP contribution in [0.3, 0.4) is 0 Å². The Hall–Kier alpha value is -0.920. The van der Waals surface area contributed by atoms with Gasteiger partial charge in [0.1, 0.15) is 5.82 Å². The second-order valence-electron chi connectivity index (χ2n) is 2.01. The summed E-state index contributed by atoms with van der Waals surface area (Å²) in [4.78, 5) is 3.06. The molecule has 0 fully saturated rings. The lowest BCUT2D eigenvalue weighted by molar-refractivity contribution is 0.972. The summed E-state index contributed by atoms with van der Waals surface area (Å²) in [6, 6.07) is 4.01. The molecule has 0 atom stereocenters. The highest BCUT2D eigenvalue weighted by Crippen LogP contribution is 1.99. The molecule has 0 aliphatic heterocycles. The van der Waals surface area contributed by atoms with E-state index in [0.29, 0.717) is 0 Å². The average Bonchev–Trinajstić information content (AvgIpc) is 2.34. The van der Waals surface area contributed by atoms with Gasteiger partial charge in [0, 0.05) is 12.7 Å². The van der Waals surface area contributed by atoms with Gasteiger partial charge in [0.25, 0.3) is 0 Å². The molecule has 2 heteroatoms. The Labute approximate surface area is 55.3 Å². The smallest absolute Gasteiger partial charge is 0.103 e. The number of hydrogen-bond acceptors (Lipinski definition) is 1. The Balaban J connectivity index is 2.30. The zero-order valence-electron chi connectivity index (χ0n) is 5.65. The molecule has 0 amide bonds. The Kier molecular flexibility index (Phi) is 2.19. The van der Waals surface area contributed by atoms with E-state index in [2.05, 4.69) is 17.2 Å². The number of aromatic amines is 1. The molecule has 0 unspecified atom stereocenters. The predicted octanol–water partition coefficient (Wildman–Crippen LogP) is 1.84. The van der Waals surface area contributed by atoms with E-state index < -0.39 is 0 Å². The maximum Gasteiger partial charge on any atom is 0.103 e. The quantitative estimate of drug-likeness (QED) is 0.632. The highest BCUT2D eigenvalue weighted by molar-refractivity contribution is 5.33. The summed E-state index contributed by atoms with van der Waals surface area (Å²) in [5.74, 6) is 1.11. The minimum absolute atomic E-state index is 1.04. The van der Waals surface area contributed by atoms with Gasteiger partial charge in [0.05, 0.1) is 0 Å². The number of rotatable bonds is 3. The first kappa shape index (κ1) is 6.20. The van der Waals surface area contributed by atoms with Crippen LogP contribution in [0.2, 0.25) is 0 Å². The number of H-pyrrole nitrogens is 1. The van der Waals surface area contributed by atoms with Gasteiger partial charge in [-0.25, -0.2) is 0 Å². The van der Waals surface area contributed by atoms with Crippen molar-refractivity contribution < 1.29 is 0 Å². The van der Waals surface area contributed by atoms with Crippen LogP contribution in [0.25, 0.3) is 0 Å². The molecule has 0 saturated heterocycles. The topological polar surface area (TPSA) is 27.8 Å². The molecule has 0 aromatic carbocycles. The van der Waals surface area contributed by atoms with Gasteiger partial charge in [-0.1, -0.05) is 6.92 Å². The average molecular weight is 124 g/mol. The molecule has 50 valence electrons. The molecule has 2 N–H and O–H groups in total. The first-order valence-electron chi connectivity index (χ1n) is 3.30. The molecular formula is C7H12N2. The van der Waals surface area contributed by atoms with Gasteiger partial charge >= 0.3 is 0 Å². The van der Waals surface area contributed by atoms with Crippen LogP contribution in [0.1, 0.15) is 13.3 Å². The Morgan fingerprint density at radius 3 is 3.11 bits per heavy atom. The largest absolute Gasteiger partial charge is 0.372 e. The molecule has 1 aromatic rings. The Morgan fingerprint density at radius 1 is 1.67 bits per heavy atom. The Morgan fingerprint density at radius 2 is 2.56 bits per heavy atom. The van der Waals surface area contributed by atoms with Crippen molar-refractivity contribution in [2.75, 3.05) is 11.9 Å². The minimum Gasteiger partial charge on any atom is -0.372 e. The summed E-state index contributed by atoms with van der Waals surface area (Å²) in [7, 11) is 0. The van der Waals surface area contributed by atoms with Crippen molar-refractivity contribution in [1.29, 1.82) is 0 Å². The minimum atomic E-state index is 1.04. The third-order valence-electron chi connectivity index (χ3n) is 1.16. The maximum atomic E-state index is 3.22. The van der Waals surface area contributed by atoms with Crippen molar-refractivity contribution in [3.05, 3.63) is 18.3 Å². The van der Waals surface area contributed by atoms with Gasteiger partial charge in [-0.15, -0.1) is 0 Å². The van der Waals surface area contributed by atoms with E-state index in [-0.39, 0.29) is 0 Å². The number of aromatic nitrogens is 1. The van der Waals surface area contributed by atoms with E-state index in [1.807, 2.05) is 18.3 Å². The third kappa shape index (κ3) is 1.80. The van der Waals surface area contributed by atoms with Crippen LogP contribution in [-0.2, 0) is 0 Å². The molecule has 0 radical (unpaired) electrons. The van der Waals surface area contributed by atoms with Gasteiger partial charge in [0.15, 0.2) is 0 Å². The van der Waals surface area contributed by atoms with Crippen LogP contribution in [0.15, 0.2) is 18.3 Å². The van der Waals surface area contributed by atoms with Crippen LogP contribution < -0.4 is 5.32 Å². The zero-order chi connectivity index (χ0) is 6.53. The van der Waals surface area contributed by atoms with Crippen molar-refractivity contribution in [2.24, 2.45) is 0 Å². The Bertz CT molecular complexity index is 144. The number of hydrogen-bond donors (Lipinski definition) is 2. The molecule has 1 heterocycles. The van der Waals surface area contributed by atoms with Gasteiger partial charge in [0.2, 0.25) is 0 Å². The van der Waals surface area contributed by atoms with Gasteiger partial charge < -0.3 is 10.3 Å². The fraction of sp³-hybridized carbons (Fsp3) is 0.429. The maximum absolute atomic E-state index is 3.22. The molecule has 2 nitrogen and oxygen atoms in total. The van der Waals surface area contributed by atoms with Crippen molar-refractivity contribution in [3.63, 3.8) is 0 Å². The van der Waals surface area contributed by atoms with Gasteiger partial charge in [-0.3, -0.25) is 0 Å². The summed E-state index contributed by atoms with van der Waals surface area (Å²) in [5.41, 5.74) is 0. The van der Waals surface area contributed by atoms with Crippen molar-refractivity contribution >= 4 is 5.82 Å². The van der Waals surface area contributed by atoms with Crippen LogP contribution >= 0.6 is 0 Å². The molecule has 0 aliphatic rings. The van der Waals surface area contributed by atoms with Crippen LogP contribution in [0.4, 0.5) is 5.82 Å². The predicted molar refractivity (Wildman–Crippen MR) is 39.6 cm³/mol. The van der Waals surface area contributed by atoms with Crippen LogP contribution in [0, 0.1) is 0 Å². The molecule has 0 spiro atoms. The molecule has 9 heavy (non-hydrogen) atoms. The highest BCUT2D eigenvalue weighted by Gasteiger charge is 1.85. The van der Waals surface area contributed by atoms with E-state index in [1.165, 1.54) is 6.42 Å². The standard InChI is InChI=1S/C7H12N2/c1-2-5-8-7-4-3-6-9-7/h3-4,6,8-9H,2,5H2,1H3. The summed E-state index contributed by atoms with van der Waals surface area (Å²) in [5, 5.41) is 3.22. The van der Waals surface area contributed by atoms with Crippen LogP contribution in [-0.4, -0.2) is 11.5 Å². The number of anilines is 1. The van der Waals surface area contributed by atoms with Crippen LogP contribution in [0.5, 0.6) is 0 Å². The molecule has 1 rings (SSSR count). The lowest BCUT2D eigenvalue weighted by atomic mass is 10.5. The van der Waals surface area contributed by atoms with Gasteiger partial charge in [-0.05, 0) is 18.6 Å². The lowest BCUT2D eigenvalue weighted by Gasteiger charge is -1.98. The fourth-order valence-corrected chi connectivity index (χ4v) is 0.700. The SMILES string of the molecule is CCCNc1ccc[nH]1. The van der Waals surface area contributed by atoms with E-state index >= 15 is 0 Å². The number of nitrogens with one attached hydrogen (secondary N) is 2. The summed E-state index contributed by atoms with van der Waals surface area (Å²) >= 11 is 0. The van der Waals surface area contributed by atoms with Crippen molar-refractivity contribution in [2.45, 2.75) is 13.3 Å². The third-order valence-corrected chi connectivity index (χ3v) is 1.16. The first-order valence-corrected chi connectivity index (χ1v) is 3.30. The van der Waals surface area contributed by atoms with Gasteiger partial charge in [-0.2, -0.15) is 0 Å². The van der Waals surface area contributed by atoms with E-state index in [1.54, 1.807) is 0 Å². The van der Waals surface area contributed by atoms with E-state index in [9.17, 15) is 0 Å². The normalized spacial score (nSPS) is 9.44. The molecule has 0 aliphatic carbocycles. The molecular weight excluding hydrogens is 112 g/mol. The first-order chi connectivity index (χ1) is 4.43. The molecule has 0 saturated carbocycles. The lowest BCUT2D eigenvalue weighted by Crippen LogP contribution is -1.98. The molecule has 1 aromatic heterocycles. The summed E-state index contributed by atoms with van der Waals surface area (Å²) < 4.78 is 0. The second kappa shape index (κ2) is 3.17. The zero-order valence-corrected chi connectivity index (χ0v) is 5.65. The second-order valence-corrected chi connectivity index (χ2v) is 2.01.